The number of hydrogen-bond donors (Lipinski definition) is 2. The fourth-order valence-electron chi connectivity index (χ4n) is 2.75. The van der Waals surface area contributed by atoms with E-state index in [-0.39, 0.29) is 6.10 Å². The lowest BCUT2D eigenvalue weighted by atomic mass is 9.87. The van der Waals surface area contributed by atoms with Crippen LogP contribution in [0.2, 0.25) is 0 Å². The van der Waals surface area contributed by atoms with Gasteiger partial charge in [0, 0.05) is 6.54 Å². The monoisotopic (exact) mass is 247 g/mol. The van der Waals surface area contributed by atoms with Gasteiger partial charge in [0.2, 0.25) is 0 Å². The molecule has 0 spiro atoms. The second kappa shape index (κ2) is 6.91. The summed E-state index contributed by atoms with van der Waals surface area (Å²) < 4.78 is 0. The Labute approximate surface area is 110 Å². The molecule has 1 unspecified atom stereocenters. The fourth-order valence-corrected chi connectivity index (χ4v) is 2.75. The molecule has 0 saturated heterocycles. The third-order valence-corrected chi connectivity index (χ3v) is 4.07. The summed E-state index contributed by atoms with van der Waals surface area (Å²) in [6.45, 7) is 4.42. The lowest BCUT2D eigenvalue weighted by Crippen LogP contribution is -2.30. The molecule has 1 aliphatic rings. The van der Waals surface area contributed by atoms with Crippen LogP contribution < -0.4 is 5.32 Å². The number of benzene rings is 1. The summed E-state index contributed by atoms with van der Waals surface area (Å²) in [6, 6.07) is 10.7. The summed E-state index contributed by atoms with van der Waals surface area (Å²) in [5.74, 6) is 1.33. The van der Waals surface area contributed by atoms with Crippen LogP contribution in [0.25, 0.3) is 0 Å². The molecule has 100 valence electrons. The first kappa shape index (κ1) is 13.6. The molecule has 0 aromatic heterocycles. The highest BCUT2D eigenvalue weighted by Gasteiger charge is 2.18. The Morgan fingerprint density at radius 2 is 1.83 bits per heavy atom. The summed E-state index contributed by atoms with van der Waals surface area (Å²) >= 11 is 0. The Morgan fingerprint density at radius 1 is 1.17 bits per heavy atom. The molecule has 0 amide bonds. The van der Waals surface area contributed by atoms with Crippen LogP contribution in [-0.2, 0) is 0 Å². The van der Waals surface area contributed by atoms with Gasteiger partial charge in [-0.3, -0.25) is 0 Å². The summed E-state index contributed by atoms with van der Waals surface area (Å²) in [7, 11) is 0. The van der Waals surface area contributed by atoms with Crippen LogP contribution in [0.15, 0.2) is 30.3 Å². The van der Waals surface area contributed by atoms with Crippen molar-refractivity contribution in [2.24, 2.45) is 5.92 Å². The van der Waals surface area contributed by atoms with Gasteiger partial charge in [0.25, 0.3) is 0 Å². The molecule has 0 aliphatic heterocycles. The Bertz CT molecular complexity index is 330. The van der Waals surface area contributed by atoms with Gasteiger partial charge in [-0.1, -0.05) is 37.3 Å². The van der Waals surface area contributed by atoms with Gasteiger partial charge < -0.3 is 10.4 Å². The molecule has 1 atom stereocenters. The SMILES string of the molecule is CC(CNCC1CCC(O)CC1)c1ccccc1. The van der Waals surface area contributed by atoms with Gasteiger partial charge in [-0.05, 0) is 49.6 Å². The first-order chi connectivity index (χ1) is 8.75. The molecule has 1 aromatic carbocycles. The predicted molar refractivity (Wildman–Crippen MR) is 75.7 cm³/mol. The van der Waals surface area contributed by atoms with Crippen molar-refractivity contribution in [3.05, 3.63) is 35.9 Å². The first-order valence-corrected chi connectivity index (χ1v) is 7.19. The molecular weight excluding hydrogens is 222 g/mol. The minimum Gasteiger partial charge on any atom is -0.393 e. The van der Waals surface area contributed by atoms with E-state index in [9.17, 15) is 5.11 Å². The van der Waals surface area contributed by atoms with Crippen molar-refractivity contribution in [3.63, 3.8) is 0 Å². The van der Waals surface area contributed by atoms with E-state index < -0.39 is 0 Å². The zero-order valence-corrected chi connectivity index (χ0v) is 11.3. The smallest absolute Gasteiger partial charge is 0.0540 e. The molecule has 1 aliphatic carbocycles. The number of rotatable bonds is 5. The predicted octanol–water partition coefficient (Wildman–Crippen LogP) is 2.93. The van der Waals surface area contributed by atoms with Crippen molar-refractivity contribution in [1.29, 1.82) is 0 Å². The van der Waals surface area contributed by atoms with Gasteiger partial charge in [0.05, 0.1) is 6.10 Å². The Kier molecular flexibility index (Phi) is 5.21. The minimum absolute atomic E-state index is 0.0375. The van der Waals surface area contributed by atoms with E-state index in [0.717, 1.165) is 31.8 Å². The molecule has 2 heteroatoms. The van der Waals surface area contributed by atoms with Crippen LogP contribution >= 0.6 is 0 Å². The molecular formula is C16H25NO. The Balaban J connectivity index is 1.66. The maximum Gasteiger partial charge on any atom is 0.0540 e. The van der Waals surface area contributed by atoms with Crippen LogP contribution in [0.4, 0.5) is 0 Å². The first-order valence-electron chi connectivity index (χ1n) is 7.19. The summed E-state index contributed by atoms with van der Waals surface area (Å²) in [4.78, 5) is 0. The topological polar surface area (TPSA) is 32.3 Å². The highest BCUT2D eigenvalue weighted by molar-refractivity contribution is 5.18. The van der Waals surface area contributed by atoms with Gasteiger partial charge >= 0.3 is 0 Å². The third-order valence-electron chi connectivity index (χ3n) is 4.07. The summed E-state index contributed by atoms with van der Waals surface area (Å²) in [6.07, 6.45) is 4.28. The van der Waals surface area contributed by atoms with E-state index in [1.54, 1.807) is 0 Å². The number of aliphatic hydroxyl groups is 1. The van der Waals surface area contributed by atoms with Crippen LogP contribution in [0.5, 0.6) is 0 Å². The number of hydrogen-bond acceptors (Lipinski definition) is 2. The average Bonchev–Trinajstić information content (AvgIpc) is 2.42. The largest absolute Gasteiger partial charge is 0.393 e. The molecule has 0 heterocycles. The van der Waals surface area contributed by atoms with Crippen LogP contribution in [0.1, 0.15) is 44.1 Å². The molecule has 2 nitrogen and oxygen atoms in total. The molecule has 0 bridgehead atoms. The van der Waals surface area contributed by atoms with E-state index in [4.69, 9.17) is 0 Å². The van der Waals surface area contributed by atoms with Gasteiger partial charge in [-0.15, -0.1) is 0 Å². The highest BCUT2D eigenvalue weighted by Crippen LogP contribution is 2.23. The van der Waals surface area contributed by atoms with Crippen molar-refractivity contribution >= 4 is 0 Å². The van der Waals surface area contributed by atoms with Crippen molar-refractivity contribution < 1.29 is 5.11 Å². The van der Waals surface area contributed by atoms with Crippen LogP contribution in [0.3, 0.4) is 0 Å². The maximum atomic E-state index is 9.47. The van der Waals surface area contributed by atoms with Gasteiger partial charge in [-0.2, -0.15) is 0 Å². The summed E-state index contributed by atoms with van der Waals surface area (Å²) in [5.41, 5.74) is 1.41. The zero-order valence-electron chi connectivity index (χ0n) is 11.3. The second-order valence-electron chi connectivity index (χ2n) is 5.64. The van der Waals surface area contributed by atoms with Crippen molar-refractivity contribution in [2.75, 3.05) is 13.1 Å². The molecule has 0 radical (unpaired) electrons. The van der Waals surface area contributed by atoms with E-state index in [1.807, 2.05) is 0 Å². The molecule has 2 rings (SSSR count). The average molecular weight is 247 g/mol. The van der Waals surface area contributed by atoms with E-state index in [0.29, 0.717) is 5.92 Å². The van der Waals surface area contributed by atoms with Crippen LogP contribution in [0, 0.1) is 5.92 Å². The van der Waals surface area contributed by atoms with Gasteiger partial charge in [0.1, 0.15) is 0 Å². The highest BCUT2D eigenvalue weighted by atomic mass is 16.3. The number of aliphatic hydroxyl groups excluding tert-OH is 1. The zero-order chi connectivity index (χ0) is 12.8. The standard InChI is InChI=1S/C16H25NO/c1-13(15-5-3-2-4-6-15)11-17-12-14-7-9-16(18)10-8-14/h2-6,13-14,16-18H,7-12H2,1H3. The Morgan fingerprint density at radius 3 is 2.50 bits per heavy atom. The molecule has 2 N–H and O–H groups in total. The quantitative estimate of drug-likeness (QED) is 0.838. The van der Waals surface area contributed by atoms with Crippen LogP contribution in [-0.4, -0.2) is 24.3 Å². The van der Waals surface area contributed by atoms with E-state index >= 15 is 0 Å². The third kappa shape index (κ3) is 4.11. The number of nitrogens with one attached hydrogen (secondary N) is 1. The minimum atomic E-state index is -0.0375. The molecule has 1 fully saturated rings. The van der Waals surface area contributed by atoms with Gasteiger partial charge in [-0.25, -0.2) is 0 Å². The fraction of sp³-hybridized carbons (Fsp3) is 0.625. The molecule has 1 saturated carbocycles. The maximum absolute atomic E-state index is 9.47. The van der Waals surface area contributed by atoms with Gasteiger partial charge in [0.15, 0.2) is 0 Å². The second-order valence-corrected chi connectivity index (χ2v) is 5.64. The lowest BCUT2D eigenvalue weighted by Gasteiger charge is -2.26. The molecule has 18 heavy (non-hydrogen) atoms. The van der Waals surface area contributed by atoms with E-state index in [1.165, 1.54) is 18.4 Å². The van der Waals surface area contributed by atoms with Crippen molar-refractivity contribution in [2.45, 2.75) is 44.6 Å². The van der Waals surface area contributed by atoms with Crippen molar-refractivity contribution in [3.8, 4) is 0 Å². The Hall–Kier alpha value is -0.860. The summed E-state index contributed by atoms with van der Waals surface area (Å²) in [5, 5.41) is 13.1. The lowest BCUT2D eigenvalue weighted by molar-refractivity contribution is 0.108. The normalized spacial score (nSPS) is 25.9. The van der Waals surface area contributed by atoms with E-state index in [2.05, 4.69) is 42.6 Å². The molecule has 1 aromatic rings. The van der Waals surface area contributed by atoms with Crippen molar-refractivity contribution in [1.82, 2.24) is 5.32 Å².